The highest BCUT2D eigenvalue weighted by Crippen LogP contribution is 2.25. The normalized spacial score (nSPS) is 12.8. The maximum absolute atomic E-state index is 12.3. The predicted molar refractivity (Wildman–Crippen MR) is 109 cm³/mol. The van der Waals surface area contributed by atoms with E-state index >= 15 is 0 Å². The standard InChI is InChI=1S/C20H34N2O4S/c1-6-8-9-16(7-2)15-21-20(23)13-10-17-14-18(11-12-19(17)26-5)27(24,25)22(3)4/h11-12,14,16H,6-10,13,15H2,1-5H3,(H,21,23)/t16-/m1/s1. The van der Waals surface area contributed by atoms with E-state index in [1.165, 1.54) is 30.9 Å². The highest BCUT2D eigenvalue weighted by Gasteiger charge is 2.19. The maximum atomic E-state index is 12.3. The Morgan fingerprint density at radius 2 is 1.96 bits per heavy atom. The van der Waals surface area contributed by atoms with Gasteiger partial charge in [-0.1, -0.05) is 33.1 Å². The smallest absolute Gasteiger partial charge is 0.242 e. The zero-order valence-electron chi connectivity index (χ0n) is 17.2. The van der Waals surface area contributed by atoms with Crippen molar-refractivity contribution < 1.29 is 17.9 Å². The number of benzene rings is 1. The SMILES string of the molecule is CCCC[C@@H](CC)CNC(=O)CCc1cc(S(=O)(=O)N(C)C)ccc1OC. The Morgan fingerprint density at radius 1 is 1.26 bits per heavy atom. The Kier molecular flexibility index (Phi) is 9.80. The van der Waals surface area contributed by atoms with Gasteiger partial charge in [0.2, 0.25) is 15.9 Å². The van der Waals surface area contributed by atoms with E-state index < -0.39 is 10.0 Å². The summed E-state index contributed by atoms with van der Waals surface area (Å²) < 4.78 is 31.1. The van der Waals surface area contributed by atoms with Crippen LogP contribution in [0.1, 0.15) is 51.5 Å². The van der Waals surface area contributed by atoms with E-state index in [0.717, 1.165) is 19.3 Å². The van der Waals surface area contributed by atoms with E-state index in [-0.39, 0.29) is 10.8 Å². The Morgan fingerprint density at radius 3 is 2.52 bits per heavy atom. The summed E-state index contributed by atoms with van der Waals surface area (Å²) in [5, 5.41) is 3.01. The van der Waals surface area contributed by atoms with Gasteiger partial charge in [0, 0.05) is 27.1 Å². The van der Waals surface area contributed by atoms with Gasteiger partial charge in [-0.25, -0.2) is 12.7 Å². The van der Waals surface area contributed by atoms with Crippen molar-refractivity contribution in [3.63, 3.8) is 0 Å². The van der Waals surface area contributed by atoms with Crippen molar-refractivity contribution in [2.75, 3.05) is 27.7 Å². The van der Waals surface area contributed by atoms with Gasteiger partial charge in [-0.2, -0.15) is 0 Å². The number of rotatable bonds is 12. The van der Waals surface area contributed by atoms with E-state index in [2.05, 4.69) is 19.2 Å². The fourth-order valence-electron chi connectivity index (χ4n) is 2.86. The molecule has 0 aliphatic rings. The Balaban J connectivity index is 2.73. The molecule has 0 saturated carbocycles. The van der Waals surface area contributed by atoms with Crippen LogP contribution in [0.25, 0.3) is 0 Å². The van der Waals surface area contributed by atoms with Gasteiger partial charge in [-0.05, 0) is 42.5 Å². The van der Waals surface area contributed by atoms with Crippen molar-refractivity contribution >= 4 is 15.9 Å². The quantitative estimate of drug-likeness (QED) is 0.587. The van der Waals surface area contributed by atoms with Crippen molar-refractivity contribution in [2.24, 2.45) is 5.92 Å². The summed E-state index contributed by atoms with van der Waals surface area (Å²) in [4.78, 5) is 12.4. The fourth-order valence-corrected chi connectivity index (χ4v) is 3.81. The minimum atomic E-state index is -3.52. The van der Waals surface area contributed by atoms with Crippen LogP contribution < -0.4 is 10.1 Å². The summed E-state index contributed by atoms with van der Waals surface area (Å²) in [6.45, 7) is 5.01. The van der Waals surface area contributed by atoms with E-state index in [9.17, 15) is 13.2 Å². The number of amides is 1. The van der Waals surface area contributed by atoms with E-state index in [4.69, 9.17) is 4.74 Å². The Hall–Kier alpha value is -1.60. The largest absolute Gasteiger partial charge is 0.496 e. The minimum Gasteiger partial charge on any atom is -0.496 e. The second-order valence-corrected chi connectivity index (χ2v) is 9.13. The summed E-state index contributed by atoms with van der Waals surface area (Å²) in [6.07, 6.45) is 5.25. The first-order chi connectivity index (χ1) is 12.8. The topological polar surface area (TPSA) is 75.7 Å². The van der Waals surface area contributed by atoms with Crippen LogP contribution in [-0.2, 0) is 21.2 Å². The molecule has 7 heteroatoms. The molecule has 1 aromatic carbocycles. The van der Waals surface area contributed by atoms with Gasteiger partial charge in [-0.15, -0.1) is 0 Å². The monoisotopic (exact) mass is 398 g/mol. The molecule has 0 spiro atoms. The third-order valence-corrected chi connectivity index (χ3v) is 6.59. The van der Waals surface area contributed by atoms with Crippen molar-refractivity contribution in [3.8, 4) is 5.75 Å². The number of aryl methyl sites for hydroxylation is 1. The maximum Gasteiger partial charge on any atom is 0.242 e. The molecule has 154 valence electrons. The van der Waals surface area contributed by atoms with Crippen LogP contribution in [0, 0.1) is 5.92 Å². The van der Waals surface area contributed by atoms with E-state index in [1.807, 2.05) is 0 Å². The first-order valence-corrected chi connectivity index (χ1v) is 11.1. The lowest BCUT2D eigenvalue weighted by atomic mass is 9.99. The number of hydrogen-bond acceptors (Lipinski definition) is 4. The van der Waals surface area contributed by atoms with Crippen molar-refractivity contribution in [2.45, 2.75) is 57.3 Å². The molecule has 1 amide bonds. The Bertz CT molecular complexity index is 702. The summed E-state index contributed by atoms with van der Waals surface area (Å²) in [5.41, 5.74) is 0.716. The average molecular weight is 399 g/mol. The van der Waals surface area contributed by atoms with Gasteiger partial charge in [0.25, 0.3) is 0 Å². The average Bonchev–Trinajstić information content (AvgIpc) is 2.66. The number of methoxy groups -OCH3 is 1. The number of hydrogen-bond donors (Lipinski definition) is 1. The van der Waals surface area contributed by atoms with Gasteiger partial charge in [0.05, 0.1) is 12.0 Å². The lowest BCUT2D eigenvalue weighted by Gasteiger charge is -2.16. The van der Waals surface area contributed by atoms with Crippen LogP contribution in [0.4, 0.5) is 0 Å². The second-order valence-electron chi connectivity index (χ2n) is 6.98. The number of carbonyl (C=O) groups excluding carboxylic acids is 1. The molecule has 1 N–H and O–H groups in total. The van der Waals surface area contributed by atoms with Crippen molar-refractivity contribution in [1.82, 2.24) is 9.62 Å². The van der Waals surface area contributed by atoms with Gasteiger partial charge < -0.3 is 10.1 Å². The summed E-state index contributed by atoms with van der Waals surface area (Å²) in [6, 6.07) is 4.76. The molecule has 0 aromatic heterocycles. The van der Waals surface area contributed by atoms with Crippen molar-refractivity contribution in [3.05, 3.63) is 23.8 Å². The molecule has 0 unspecified atom stereocenters. The van der Waals surface area contributed by atoms with Crippen LogP contribution in [0.5, 0.6) is 5.75 Å². The van der Waals surface area contributed by atoms with Gasteiger partial charge >= 0.3 is 0 Å². The molecule has 0 aliphatic heterocycles. The van der Waals surface area contributed by atoms with Gasteiger partial charge in [0.15, 0.2) is 0 Å². The van der Waals surface area contributed by atoms with Crippen LogP contribution in [0.15, 0.2) is 23.1 Å². The molecule has 27 heavy (non-hydrogen) atoms. The molecule has 0 bridgehead atoms. The number of unbranched alkanes of at least 4 members (excludes halogenated alkanes) is 1. The van der Waals surface area contributed by atoms with Gasteiger partial charge in [-0.3, -0.25) is 4.79 Å². The molecule has 0 heterocycles. The molecular weight excluding hydrogens is 364 g/mol. The summed E-state index contributed by atoms with van der Waals surface area (Å²) >= 11 is 0. The summed E-state index contributed by atoms with van der Waals surface area (Å²) in [7, 11) is 1.01. The predicted octanol–water partition coefficient (Wildman–Crippen LogP) is 3.21. The third kappa shape index (κ3) is 7.14. The first kappa shape index (κ1) is 23.4. The molecule has 0 aliphatic carbocycles. The third-order valence-electron chi connectivity index (χ3n) is 4.78. The first-order valence-electron chi connectivity index (χ1n) is 9.62. The van der Waals surface area contributed by atoms with E-state index in [1.54, 1.807) is 19.2 Å². The zero-order chi connectivity index (χ0) is 20.4. The fraction of sp³-hybridized carbons (Fsp3) is 0.650. The molecule has 1 atom stereocenters. The molecule has 1 rings (SSSR count). The van der Waals surface area contributed by atoms with Crippen LogP contribution in [0.2, 0.25) is 0 Å². The number of ether oxygens (including phenoxy) is 1. The van der Waals surface area contributed by atoms with E-state index in [0.29, 0.717) is 36.6 Å². The summed E-state index contributed by atoms with van der Waals surface area (Å²) in [5.74, 6) is 1.08. The minimum absolute atomic E-state index is 0.0205. The lowest BCUT2D eigenvalue weighted by molar-refractivity contribution is -0.121. The molecule has 0 radical (unpaired) electrons. The number of carbonyl (C=O) groups is 1. The molecular formula is C20H34N2O4S. The molecule has 1 aromatic rings. The zero-order valence-corrected chi connectivity index (χ0v) is 18.1. The molecule has 0 fully saturated rings. The molecule has 0 saturated heterocycles. The van der Waals surface area contributed by atoms with Crippen LogP contribution >= 0.6 is 0 Å². The number of sulfonamides is 1. The lowest BCUT2D eigenvalue weighted by Crippen LogP contribution is -2.29. The number of nitrogens with one attached hydrogen (secondary N) is 1. The number of nitrogens with zero attached hydrogens (tertiary/aromatic N) is 1. The van der Waals surface area contributed by atoms with Crippen molar-refractivity contribution in [1.29, 1.82) is 0 Å². The second kappa shape index (κ2) is 11.3. The highest BCUT2D eigenvalue weighted by molar-refractivity contribution is 7.89. The Labute approximate surface area is 164 Å². The molecule has 6 nitrogen and oxygen atoms in total. The highest BCUT2D eigenvalue weighted by atomic mass is 32.2. The van der Waals surface area contributed by atoms with Crippen LogP contribution in [-0.4, -0.2) is 46.4 Å². The van der Waals surface area contributed by atoms with Gasteiger partial charge in [0.1, 0.15) is 5.75 Å². The van der Waals surface area contributed by atoms with Crippen LogP contribution in [0.3, 0.4) is 0 Å².